The Balaban J connectivity index is 3.12. The number of nitrogens with two attached hydrogens (primary N) is 1. The van der Waals surface area contributed by atoms with Crippen LogP contribution in [0, 0.1) is 0 Å². The number of nitrogen functional groups attached to an aromatic ring is 1. The van der Waals surface area contributed by atoms with Crippen LogP contribution in [-0.4, -0.2) is 44.0 Å². The van der Waals surface area contributed by atoms with Gasteiger partial charge in [0.25, 0.3) is 0 Å². The first kappa shape index (κ1) is 15.8. The van der Waals surface area contributed by atoms with E-state index in [1.807, 2.05) is 0 Å². The first-order valence-corrected chi connectivity index (χ1v) is 7.34. The minimum absolute atomic E-state index is 0.153. The van der Waals surface area contributed by atoms with Gasteiger partial charge in [0, 0.05) is 32.0 Å². The van der Waals surface area contributed by atoms with Crippen LogP contribution in [0.4, 0.5) is 5.82 Å². The molecule has 1 unspecified atom stereocenters. The molecular formula is C11H20N4O3S. The van der Waals surface area contributed by atoms with E-state index in [2.05, 4.69) is 10.4 Å². The molecular weight excluding hydrogens is 268 g/mol. The summed E-state index contributed by atoms with van der Waals surface area (Å²) >= 11 is 0. The average Bonchev–Trinajstić information content (AvgIpc) is 2.39. The van der Waals surface area contributed by atoms with Crippen LogP contribution in [0.1, 0.15) is 13.8 Å². The first-order valence-electron chi connectivity index (χ1n) is 5.90. The predicted octanol–water partition coefficient (Wildman–Crippen LogP) is 0.413. The van der Waals surface area contributed by atoms with E-state index in [0.717, 1.165) is 0 Å². The topological polar surface area (TPSA) is 97.5 Å². The molecule has 1 aromatic heterocycles. The fraction of sp³-hybridized carbons (Fsp3) is 0.545. The number of aromatic nitrogens is 1. The van der Waals surface area contributed by atoms with Gasteiger partial charge in [-0.25, -0.2) is 19.2 Å². The highest BCUT2D eigenvalue weighted by Crippen LogP contribution is 2.19. The number of hydrazine groups is 1. The van der Waals surface area contributed by atoms with Gasteiger partial charge in [0.15, 0.2) is 0 Å². The minimum atomic E-state index is -3.59. The highest BCUT2D eigenvalue weighted by Gasteiger charge is 2.27. The van der Waals surface area contributed by atoms with E-state index in [1.165, 1.54) is 22.6 Å². The van der Waals surface area contributed by atoms with Crippen LogP contribution in [-0.2, 0) is 14.8 Å². The Labute approximate surface area is 113 Å². The number of anilines is 1. The van der Waals surface area contributed by atoms with E-state index in [1.54, 1.807) is 21.0 Å². The molecule has 0 spiro atoms. The molecule has 8 heteroatoms. The maximum absolute atomic E-state index is 12.5. The van der Waals surface area contributed by atoms with Crippen molar-refractivity contribution in [2.45, 2.75) is 24.8 Å². The van der Waals surface area contributed by atoms with Crippen molar-refractivity contribution in [3.8, 4) is 0 Å². The Hall–Kier alpha value is -1.22. The Morgan fingerprint density at radius 1 is 1.58 bits per heavy atom. The molecule has 1 aromatic rings. The maximum atomic E-state index is 12.5. The van der Waals surface area contributed by atoms with Crippen LogP contribution in [0.2, 0.25) is 0 Å². The second-order valence-electron chi connectivity index (χ2n) is 4.03. The van der Waals surface area contributed by atoms with Gasteiger partial charge >= 0.3 is 0 Å². The fourth-order valence-corrected chi connectivity index (χ4v) is 3.47. The highest BCUT2D eigenvalue weighted by atomic mass is 32.2. The van der Waals surface area contributed by atoms with Crippen LogP contribution in [0.25, 0.3) is 0 Å². The molecule has 0 saturated heterocycles. The molecule has 0 fully saturated rings. The lowest BCUT2D eigenvalue weighted by Gasteiger charge is -2.26. The number of rotatable bonds is 7. The minimum Gasteiger partial charge on any atom is -0.383 e. The van der Waals surface area contributed by atoms with E-state index < -0.39 is 10.0 Å². The molecule has 108 valence electrons. The molecule has 0 aromatic carbocycles. The number of pyridine rings is 1. The first-order chi connectivity index (χ1) is 8.97. The van der Waals surface area contributed by atoms with Crippen LogP contribution in [0.5, 0.6) is 0 Å². The second kappa shape index (κ2) is 6.80. The van der Waals surface area contributed by atoms with Crippen molar-refractivity contribution >= 4 is 15.8 Å². The Bertz CT molecular complexity index is 506. The van der Waals surface area contributed by atoms with Crippen LogP contribution >= 0.6 is 0 Å². The maximum Gasteiger partial charge on any atom is 0.243 e. The summed E-state index contributed by atoms with van der Waals surface area (Å²) in [7, 11) is -2.05. The molecule has 0 amide bonds. The molecule has 0 aliphatic carbocycles. The van der Waals surface area contributed by atoms with Crippen LogP contribution in [0.15, 0.2) is 23.2 Å². The molecule has 0 saturated carbocycles. The fourth-order valence-electron chi connectivity index (χ4n) is 1.83. The zero-order valence-corrected chi connectivity index (χ0v) is 12.1. The lowest BCUT2D eigenvalue weighted by atomic mass is 10.4. The molecule has 0 aliphatic heterocycles. The summed E-state index contributed by atoms with van der Waals surface area (Å²) in [4.78, 5) is 4.05. The van der Waals surface area contributed by atoms with Crippen LogP contribution < -0.4 is 11.3 Å². The lowest BCUT2D eigenvalue weighted by Crippen LogP contribution is -2.40. The van der Waals surface area contributed by atoms with Crippen molar-refractivity contribution in [1.29, 1.82) is 0 Å². The molecule has 1 heterocycles. The Kier molecular flexibility index (Phi) is 5.67. The van der Waals surface area contributed by atoms with Crippen molar-refractivity contribution < 1.29 is 13.2 Å². The van der Waals surface area contributed by atoms with Gasteiger partial charge in [-0.1, -0.05) is 6.92 Å². The smallest absolute Gasteiger partial charge is 0.243 e. The van der Waals surface area contributed by atoms with Crippen LogP contribution in [0.3, 0.4) is 0 Å². The summed E-state index contributed by atoms with van der Waals surface area (Å²) in [6, 6.07) is 2.60. The Morgan fingerprint density at radius 3 is 2.79 bits per heavy atom. The third-order valence-electron chi connectivity index (χ3n) is 2.70. The SMILES string of the molecule is CCN(C(C)COC)S(=O)(=O)c1ccnc(NN)c1. The highest BCUT2D eigenvalue weighted by molar-refractivity contribution is 7.89. The zero-order valence-electron chi connectivity index (χ0n) is 11.3. The van der Waals surface area contributed by atoms with E-state index in [9.17, 15) is 8.42 Å². The van der Waals surface area contributed by atoms with Crippen molar-refractivity contribution in [3.05, 3.63) is 18.3 Å². The third-order valence-corrected chi connectivity index (χ3v) is 4.78. The standard InChI is InChI=1S/C11H20N4O3S/c1-4-15(9(2)8-18-3)19(16,17)10-5-6-13-11(7-10)14-12/h5-7,9H,4,8,12H2,1-3H3,(H,13,14). The van der Waals surface area contributed by atoms with E-state index >= 15 is 0 Å². The molecule has 1 atom stereocenters. The van der Waals surface area contributed by atoms with Gasteiger partial charge in [0.1, 0.15) is 5.82 Å². The van der Waals surface area contributed by atoms with E-state index in [4.69, 9.17) is 10.6 Å². The van der Waals surface area contributed by atoms with Gasteiger partial charge in [0.05, 0.1) is 11.5 Å². The number of ether oxygens (including phenoxy) is 1. The zero-order chi connectivity index (χ0) is 14.5. The van der Waals surface area contributed by atoms with E-state index in [0.29, 0.717) is 19.0 Å². The predicted molar refractivity (Wildman–Crippen MR) is 73.0 cm³/mol. The number of nitrogens with zero attached hydrogens (tertiary/aromatic N) is 2. The summed E-state index contributed by atoms with van der Waals surface area (Å²) in [5.74, 6) is 5.54. The number of methoxy groups -OCH3 is 1. The van der Waals surface area contributed by atoms with Gasteiger partial charge in [-0.15, -0.1) is 0 Å². The van der Waals surface area contributed by atoms with Gasteiger partial charge in [-0.2, -0.15) is 4.31 Å². The molecule has 0 aliphatic rings. The summed E-state index contributed by atoms with van der Waals surface area (Å²) in [6.07, 6.45) is 1.40. The molecule has 0 bridgehead atoms. The molecule has 0 radical (unpaired) electrons. The molecule has 1 rings (SSSR count). The molecule has 7 nitrogen and oxygen atoms in total. The molecule has 3 N–H and O–H groups in total. The van der Waals surface area contributed by atoms with Crippen molar-refractivity contribution in [1.82, 2.24) is 9.29 Å². The van der Waals surface area contributed by atoms with Crippen molar-refractivity contribution in [2.75, 3.05) is 25.7 Å². The summed E-state index contributed by atoms with van der Waals surface area (Å²) in [5.41, 5.74) is 2.33. The number of likely N-dealkylation sites (N-methyl/N-ethyl adjacent to an activating group) is 1. The monoisotopic (exact) mass is 288 g/mol. The number of sulfonamides is 1. The summed E-state index contributed by atoms with van der Waals surface area (Å²) in [5, 5.41) is 0. The summed E-state index contributed by atoms with van der Waals surface area (Å²) < 4.78 is 31.4. The van der Waals surface area contributed by atoms with Gasteiger partial charge in [0.2, 0.25) is 10.0 Å². The Morgan fingerprint density at radius 2 is 2.26 bits per heavy atom. The number of hydrogen-bond donors (Lipinski definition) is 2. The summed E-state index contributed by atoms with van der Waals surface area (Å²) in [6.45, 7) is 4.28. The number of nitrogens with one attached hydrogen (secondary N) is 1. The number of hydrogen-bond acceptors (Lipinski definition) is 6. The second-order valence-corrected chi connectivity index (χ2v) is 5.92. The van der Waals surface area contributed by atoms with Crippen molar-refractivity contribution in [3.63, 3.8) is 0 Å². The van der Waals surface area contributed by atoms with Gasteiger partial charge in [-0.05, 0) is 13.0 Å². The largest absolute Gasteiger partial charge is 0.383 e. The lowest BCUT2D eigenvalue weighted by molar-refractivity contribution is 0.142. The molecule has 19 heavy (non-hydrogen) atoms. The normalized spacial score (nSPS) is 13.5. The van der Waals surface area contributed by atoms with Gasteiger partial charge in [-0.3, -0.25) is 0 Å². The average molecular weight is 288 g/mol. The van der Waals surface area contributed by atoms with Gasteiger partial charge < -0.3 is 10.2 Å². The van der Waals surface area contributed by atoms with E-state index in [-0.39, 0.29) is 10.9 Å². The van der Waals surface area contributed by atoms with Crippen molar-refractivity contribution in [2.24, 2.45) is 5.84 Å². The third kappa shape index (κ3) is 3.63. The quantitative estimate of drug-likeness (QED) is 0.557.